The van der Waals surface area contributed by atoms with Crippen molar-refractivity contribution in [2.75, 3.05) is 20.8 Å². The van der Waals surface area contributed by atoms with Crippen molar-refractivity contribution in [1.29, 1.82) is 0 Å². The Balaban J connectivity index is 2.00. The van der Waals surface area contributed by atoms with Gasteiger partial charge in [0.05, 0.1) is 20.4 Å². The van der Waals surface area contributed by atoms with E-state index in [2.05, 4.69) is 15.0 Å². The maximum Gasteiger partial charge on any atom is 0.278 e. The molecule has 108 valence electrons. The molecule has 1 aromatic heterocycles. The highest BCUT2D eigenvalue weighted by Gasteiger charge is 2.18. The standard InChI is InChI=1S/C14H12ClN3O3/c1-19-13-14(20-2)18-10(6-16-13)11-7-21-12-5-8(15)3-4-9(12)17-11/h3-6H,7H2,1-2H3. The number of fused-ring (bicyclic) bond motifs is 1. The minimum Gasteiger partial charge on any atom is -0.485 e. The molecule has 0 N–H and O–H groups in total. The summed E-state index contributed by atoms with van der Waals surface area (Å²) in [6.07, 6.45) is 1.57. The van der Waals surface area contributed by atoms with E-state index in [1.165, 1.54) is 14.2 Å². The van der Waals surface area contributed by atoms with Crippen molar-refractivity contribution in [2.45, 2.75) is 0 Å². The van der Waals surface area contributed by atoms with Gasteiger partial charge in [0.25, 0.3) is 11.8 Å². The molecule has 0 radical (unpaired) electrons. The third-order valence-electron chi connectivity index (χ3n) is 2.93. The molecular weight excluding hydrogens is 294 g/mol. The molecule has 0 spiro atoms. The molecule has 0 aliphatic carbocycles. The van der Waals surface area contributed by atoms with Gasteiger partial charge in [-0.1, -0.05) is 11.6 Å². The van der Waals surface area contributed by atoms with Gasteiger partial charge in [-0.25, -0.2) is 15.0 Å². The Morgan fingerprint density at radius 3 is 2.76 bits per heavy atom. The summed E-state index contributed by atoms with van der Waals surface area (Å²) in [4.78, 5) is 13.0. The molecular formula is C14H12ClN3O3. The SMILES string of the molecule is COc1ncc(C2=Nc3ccc(Cl)cc3OC2)nc1OC. The third kappa shape index (κ3) is 2.62. The molecule has 1 aliphatic rings. The fourth-order valence-electron chi connectivity index (χ4n) is 1.92. The Morgan fingerprint density at radius 2 is 2.00 bits per heavy atom. The van der Waals surface area contributed by atoms with Crippen molar-refractivity contribution in [3.05, 3.63) is 35.1 Å². The lowest BCUT2D eigenvalue weighted by molar-refractivity contribution is 0.330. The molecule has 0 saturated carbocycles. The number of methoxy groups -OCH3 is 2. The zero-order valence-electron chi connectivity index (χ0n) is 11.5. The number of rotatable bonds is 3. The summed E-state index contributed by atoms with van der Waals surface area (Å²) in [7, 11) is 3.01. The number of nitrogens with zero attached hydrogens (tertiary/aromatic N) is 3. The molecule has 7 heteroatoms. The molecule has 0 atom stereocenters. The van der Waals surface area contributed by atoms with Crippen LogP contribution in [0.5, 0.6) is 17.5 Å². The van der Waals surface area contributed by atoms with Gasteiger partial charge < -0.3 is 14.2 Å². The summed E-state index contributed by atoms with van der Waals surface area (Å²) < 4.78 is 15.9. The Kier molecular flexibility index (Phi) is 3.62. The number of aliphatic imine (C=N–C) groups is 1. The number of aromatic nitrogens is 2. The number of hydrogen-bond acceptors (Lipinski definition) is 6. The lowest BCUT2D eigenvalue weighted by atomic mass is 10.2. The van der Waals surface area contributed by atoms with E-state index in [0.717, 1.165) is 0 Å². The molecule has 21 heavy (non-hydrogen) atoms. The maximum absolute atomic E-state index is 5.92. The summed E-state index contributed by atoms with van der Waals surface area (Å²) in [5.74, 6) is 1.28. The predicted octanol–water partition coefficient (Wildman–Crippen LogP) is 2.66. The van der Waals surface area contributed by atoms with Crippen molar-refractivity contribution >= 4 is 23.0 Å². The first-order chi connectivity index (χ1) is 10.2. The third-order valence-corrected chi connectivity index (χ3v) is 3.17. The van der Waals surface area contributed by atoms with Gasteiger partial charge in [0, 0.05) is 11.1 Å². The molecule has 1 aromatic carbocycles. The lowest BCUT2D eigenvalue weighted by Gasteiger charge is -2.17. The summed E-state index contributed by atoms with van der Waals surface area (Å²) in [5, 5.41) is 0.610. The fraction of sp³-hybridized carbons (Fsp3) is 0.214. The minimum atomic E-state index is 0.289. The van der Waals surface area contributed by atoms with Crippen LogP contribution < -0.4 is 14.2 Å². The number of hydrogen-bond donors (Lipinski definition) is 0. The molecule has 0 unspecified atom stereocenters. The van der Waals surface area contributed by atoms with Crippen LogP contribution >= 0.6 is 11.6 Å². The Labute approximate surface area is 126 Å². The van der Waals surface area contributed by atoms with Gasteiger partial charge in [0.15, 0.2) is 0 Å². The van der Waals surface area contributed by atoms with E-state index >= 15 is 0 Å². The summed E-state index contributed by atoms with van der Waals surface area (Å²) in [5.41, 5.74) is 1.95. The van der Waals surface area contributed by atoms with E-state index in [9.17, 15) is 0 Å². The summed E-state index contributed by atoms with van der Waals surface area (Å²) in [6.45, 7) is 0.289. The quantitative estimate of drug-likeness (QED) is 0.872. The van der Waals surface area contributed by atoms with Gasteiger partial charge in [-0.2, -0.15) is 0 Å². The van der Waals surface area contributed by atoms with E-state index in [4.69, 9.17) is 25.8 Å². The summed E-state index contributed by atoms with van der Waals surface area (Å²) >= 11 is 5.92. The van der Waals surface area contributed by atoms with E-state index in [-0.39, 0.29) is 6.61 Å². The Morgan fingerprint density at radius 1 is 1.19 bits per heavy atom. The number of benzene rings is 1. The highest BCUT2D eigenvalue weighted by Crippen LogP contribution is 2.34. The van der Waals surface area contributed by atoms with Crippen molar-refractivity contribution < 1.29 is 14.2 Å². The van der Waals surface area contributed by atoms with Crippen LogP contribution in [-0.4, -0.2) is 36.5 Å². The highest BCUT2D eigenvalue weighted by atomic mass is 35.5. The van der Waals surface area contributed by atoms with Crippen LogP contribution in [0.15, 0.2) is 29.4 Å². The maximum atomic E-state index is 5.92. The van der Waals surface area contributed by atoms with Crippen LogP contribution in [0.4, 0.5) is 5.69 Å². The van der Waals surface area contributed by atoms with E-state index in [1.807, 2.05) is 0 Å². The van der Waals surface area contributed by atoms with Gasteiger partial charge in [-0.15, -0.1) is 0 Å². The molecule has 2 aromatic rings. The molecule has 0 saturated heterocycles. The van der Waals surface area contributed by atoms with Crippen LogP contribution in [-0.2, 0) is 0 Å². The Hall–Kier alpha value is -2.34. The minimum absolute atomic E-state index is 0.289. The van der Waals surface area contributed by atoms with Crippen LogP contribution in [0.3, 0.4) is 0 Å². The monoisotopic (exact) mass is 305 g/mol. The van der Waals surface area contributed by atoms with Gasteiger partial charge in [-0.05, 0) is 12.1 Å². The molecule has 0 fully saturated rings. The predicted molar refractivity (Wildman–Crippen MR) is 78.3 cm³/mol. The molecule has 6 nitrogen and oxygen atoms in total. The fourth-order valence-corrected chi connectivity index (χ4v) is 2.09. The molecule has 2 heterocycles. The van der Waals surface area contributed by atoms with Crippen LogP contribution in [0.25, 0.3) is 0 Å². The zero-order chi connectivity index (χ0) is 14.8. The zero-order valence-corrected chi connectivity index (χ0v) is 12.2. The number of ether oxygens (including phenoxy) is 3. The smallest absolute Gasteiger partial charge is 0.278 e. The largest absolute Gasteiger partial charge is 0.485 e. The van der Waals surface area contributed by atoms with Crippen molar-refractivity contribution in [2.24, 2.45) is 4.99 Å². The first kappa shape index (κ1) is 13.6. The first-order valence-corrected chi connectivity index (χ1v) is 6.54. The number of halogens is 1. The average Bonchev–Trinajstić information content (AvgIpc) is 2.53. The van der Waals surface area contributed by atoms with Gasteiger partial charge >= 0.3 is 0 Å². The second-order valence-electron chi connectivity index (χ2n) is 4.23. The molecule has 3 rings (SSSR count). The molecule has 0 bridgehead atoms. The van der Waals surface area contributed by atoms with Crippen LogP contribution in [0.2, 0.25) is 5.02 Å². The molecule has 0 amide bonds. The van der Waals surface area contributed by atoms with Gasteiger partial charge in [0.2, 0.25) is 0 Å². The second-order valence-corrected chi connectivity index (χ2v) is 4.67. The van der Waals surface area contributed by atoms with Gasteiger partial charge in [0.1, 0.15) is 29.4 Å². The van der Waals surface area contributed by atoms with Gasteiger partial charge in [-0.3, -0.25) is 0 Å². The summed E-state index contributed by atoms with van der Waals surface area (Å²) in [6, 6.07) is 5.29. The lowest BCUT2D eigenvalue weighted by Crippen LogP contribution is -2.18. The van der Waals surface area contributed by atoms with Crippen LogP contribution in [0, 0.1) is 0 Å². The Bertz CT molecular complexity index is 719. The van der Waals surface area contributed by atoms with E-state index in [0.29, 0.717) is 39.6 Å². The van der Waals surface area contributed by atoms with E-state index in [1.54, 1.807) is 24.4 Å². The van der Waals surface area contributed by atoms with E-state index < -0.39 is 0 Å². The second kappa shape index (κ2) is 5.57. The van der Waals surface area contributed by atoms with Crippen molar-refractivity contribution in [3.8, 4) is 17.5 Å². The molecule has 1 aliphatic heterocycles. The highest BCUT2D eigenvalue weighted by molar-refractivity contribution is 6.30. The van der Waals surface area contributed by atoms with Crippen LogP contribution in [0.1, 0.15) is 5.69 Å². The topological polar surface area (TPSA) is 65.8 Å². The average molecular weight is 306 g/mol. The normalized spacial score (nSPS) is 13.0. The first-order valence-electron chi connectivity index (χ1n) is 6.16. The van der Waals surface area contributed by atoms with Crippen molar-refractivity contribution in [3.63, 3.8) is 0 Å². The van der Waals surface area contributed by atoms with Crippen molar-refractivity contribution in [1.82, 2.24) is 9.97 Å².